The van der Waals surface area contributed by atoms with E-state index in [4.69, 9.17) is 0 Å². The number of guanidine groups is 1. The molecule has 1 atom stereocenters. The van der Waals surface area contributed by atoms with Gasteiger partial charge in [0, 0.05) is 50.3 Å². The first-order valence-corrected chi connectivity index (χ1v) is 8.98. The number of hydrogen-bond donors (Lipinski definition) is 1. The summed E-state index contributed by atoms with van der Waals surface area (Å²) in [7, 11) is 1.89. The van der Waals surface area contributed by atoms with Crippen molar-refractivity contribution in [3.05, 3.63) is 0 Å². The molecule has 0 radical (unpaired) electrons. The van der Waals surface area contributed by atoms with E-state index >= 15 is 0 Å². The van der Waals surface area contributed by atoms with Crippen LogP contribution < -0.4 is 5.32 Å². The van der Waals surface area contributed by atoms with E-state index in [9.17, 15) is 0 Å². The number of rotatable bonds is 6. The first-order chi connectivity index (χ1) is 9.62. The lowest BCUT2D eigenvalue weighted by Crippen LogP contribution is -2.49. The van der Waals surface area contributed by atoms with Crippen molar-refractivity contribution in [3.8, 4) is 0 Å². The van der Waals surface area contributed by atoms with Gasteiger partial charge in [-0.15, -0.1) is 0 Å². The third kappa shape index (κ3) is 5.52. The molecule has 1 N–H and O–H groups in total. The highest BCUT2D eigenvalue weighted by atomic mass is 32.2. The Labute approximate surface area is 129 Å². The Morgan fingerprint density at radius 1 is 1.45 bits per heavy atom. The second-order valence-electron chi connectivity index (χ2n) is 5.54. The van der Waals surface area contributed by atoms with Gasteiger partial charge in [0.25, 0.3) is 0 Å². The Kier molecular flexibility index (Phi) is 8.38. The van der Waals surface area contributed by atoms with Crippen LogP contribution in [0.3, 0.4) is 0 Å². The molecule has 1 rings (SSSR count). The van der Waals surface area contributed by atoms with Gasteiger partial charge in [-0.05, 0) is 26.8 Å². The summed E-state index contributed by atoms with van der Waals surface area (Å²) in [6, 6.07) is 0.611. The van der Waals surface area contributed by atoms with Gasteiger partial charge in [-0.3, -0.25) is 9.89 Å². The molecule has 0 bridgehead atoms. The van der Waals surface area contributed by atoms with Crippen LogP contribution in [0.1, 0.15) is 34.1 Å². The molecule has 0 spiro atoms. The van der Waals surface area contributed by atoms with Crippen LogP contribution in [0.15, 0.2) is 4.99 Å². The van der Waals surface area contributed by atoms with Gasteiger partial charge in [-0.1, -0.05) is 13.8 Å². The maximum Gasteiger partial charge on any atom is 0.193 e. The molecular weight excluding hydrogens is 268 g/mol. The molecule has 1 heterocycles. The van der Waals surface area contributed by atoms with Gasteiger partial charge in [0.15, 0.2) is 5.96 Å². The lowest BCUT2D eigenvalue weighted by molar-refractivity contribution is 0.236. The van der Waals surface area contributed by atoms with Crippen LogP contribution in [-0.2, 0) is 0 Å². The third-order valence-electron chi connectivity index (χ3n) is 3.92. The SMILES string of the molecule is CCC1CN(C(=NC)NCCN(CC)C(C)C)CCS1. The summed E-state index contributed by atoms with van der Waals surface area (Å²) in [5.41, 5.74) is 0. The first-order valence-electron chi connectivity index (χ1n) is 7.93. The van der Waals surface area contributed by atoms with Crippen LogP contribution >= 0.6 is 11.8 Å². The van der Waals surface area contributed by atoms with Crippen molar-refractivity contribution in [2.45, 2.75) is 45.4 Å². The molecule has 4 nitrogen and oxygen atoms in total. The second-order valence-corrected chi connectivity index (χ2v) is 6.95. The highest BCUT2D eigenvalue weighted by Crippen LogP contribution is 2.20. The number of aliphatic imine (C=N–C) groups is 1. The van der Waals surface area contributed by atoms with Crippen molar-refractivity contribution < 1.29 is 0 Å². The maximum atomic E-state index is 4.45. The normalized spacial score (nSPS) is 20.9. The van der Waals surface area contributed by atoms with E-state index in [0.29, 0.717) is 6.04 Å². The Hall–Kier alpha value is -0.420. The van der Waals surface area contributed by atoms with Gasteiger partial charge < -0.3 is 10.2 Å². The van der Waals surface area contributed by atoms with Gasteiger partial charge in [-0.2, -0.15) is 11.8 Å². The lowest BCUT2D eigenvalue weighted by atomic mass is 10.3. The van der Waals surface area contributed by atoms with Crippen molar-refractivity contribution >= 4 is 17.7 Å². The van der Waals surface area contributed by atoms with E-state index in [1.54, 1.807) is 0 Å². The number of likely N-dealkylation sites (N-methyl/N-ethyl adjacent to an activating group) is 1. The van der Waals surface area contributed by atoms with Gasteiger partial charge in [-0.25, -0.2) is 0 Å². The zero-order valence-corrected chi connectivity index (χ0v) is 14.7. The first kappa shape index (κ1) is 17.6. The Morgan fingerprint density at radius 3 is 2.75 bits per heavy atom. The summed E-state index contributed by atoms with van der Waals surface area (Å²) in [5, 5.41) is 4.28. The fourth-order valence-electron chi connectivity index (χ4n) is 2.58. The molecule has 0 aliphatic carbocycles. The minimum atomic E-state index is 0.611. The molecule has 0 aromatic rings. The molecule has 20 heavy (non-hydrogen) atoms. The molecule has 1 fully saturated rings. The van der Waals surface area contributed by atoms with Crippen molar-refractivity contribution in [1.29, 1.82) is 0 Å². The number of nitrogens with one attached hydrogen (secondary N) is 1. The van der Waals surface area contributed by atoms with Crippen molar-refractivity contribution in [1.82, 2.24) is 15.1 Å². The van der Waals surface area contributed by atoms with Crippen molar-refractivity contribution in [3.63, 3.8) is 0 Å². The predicted molar refractivity (Wildman–Crippen MR) is 91.9 cm³/mol. The lowest BCUT2D eigenvalue weighted by Gasteiger charge is -2.34. The fraction of sp³-hybridized carbons (Fsp3) is 0.933. The minimum Gasteiger partial charge on any atom is -0.355 e. The Bertz CT molecular complexity index is 294. The summed E-state index contributed by atoms with van der Waals surface area (Å²) in [6.07, 6.45) is 1.25. The molecule has 0 aromatic carbocycles. The summed E-state index contributed by atoms with van der Waals surface area (Å²) >= 11 is 2.10. The van der Waals surface area contributed by atoms with Gasteiger partial charge in [0.05, 0.1) is 0 Å². The van der Waals surface area contributed by atoms with Crippen molar-refractivity contribution in [2.75, 3.05) is 45.5 Å². The summed E-state index contributed by atoms with van der Waals surface area (Å²) in [5.74, 6) is 2.29. The predicted octanol–water partition coefficient (Wildman–Crippen LogP) is 2.12. The summed E-state index contributed by atoms with van der Waals surface area (Å²) < 4.78 is 0. The average molecular weight is 301 g/mol. The van der Waals surface area contributed by atoms with Crippen LogP contribution in [0.4, 0.5) is 0 Å². The van der Waals surface area contributed by atoms with Crippen LogP contribution in [0.2, 0.25) is 0 Å². The third-order valence-corrected chi connectivity index (χ3v) is 5.30. The summed E-state index contributed by atoms with van der Waals surface area (Å²) in [6.45, 7) is 14.4. The van der Waals surface area contributed by atoms with E-state index in [0.717, 1.165) is 43.9 Å². The van der Waals surface area contributed by atoms with Crippen molar-refractivity contribution in [2.24, 2.45) is 4.99 Å². The average Bonchev–Trinajstić information content (AvgIpc) is 2.47. The number of thioether (sulfide) groups is 1. The van der Waals surface area contributed by atoms with Crippen LogP contribution in [0.5, 0.6) is 0 Å². The quantitative estimate of drug-likeness (QED) is 0.601. The Morgan fingerprint density at radius 2 is 2.20 bits per heavy atom. The Balaban J connectivity index is 2.39. The molecule has 1 aliphatic rings. The molecule has 0 saturated carbocycles. The largest absolute Gasteiger partial charge is 0.355 e. The molecule has 118 valence electrons. The smallest absolute Gasteiger partial charge is 0.193 e. The second kappa shape index (κ2) is 9.50. The summed E-state index contributed by atoms with van der Waals surface area (Å²) in [4.78, 5) is 9.34. The van der Waals surface area contributed by atoms with Gasteiger partial charge in [0.2, 0.25) is 0 Å². The van der Waals surface area contributed by atoms with E-state index in [1.165, 1.54) is 12.2 Å². The molecular formula is C15H32N4S. The van der Waals surface area contributed by atoms with Crippen LogP contribution in [-0.4, -0.2) is 72.6 Å². The molecule has 1 aliphatic heterocycles. The number of hydrogen-bond acceptors (Lipinski definition) is 3. The van der Waals surface area contributed by atoms with E-state index in [1.807, 2.05) is 7.05 Å². The molecule has 0 aromatic heterocycles. The maximum absolute atomic E-state index is 4.45. The molecule has 1 unspecified atom stereocenters. The monoisotopic (exact) mass is 300 g/mol. The molecule has 5 heteroatoms. The van der Waals surface area contributed by atoms with Gasteiger partial charge in [0.1, 0.15) is 0 Å². The fourth-order valence-corrected chi connectivity index (χ4v) is 3.76. The minimum absolute atomic E-state index is 0.611. The van der Waals surface area contributed by atoms with Crippen LogP contribution in [0.25, 0.3) is 0 Å². The zero-order chi connectivity index (χ0) is 15.0. The standard InChI is InChI=1S/C15H32N4S/c1-6-14-12-19(10-11-20-14)15(16-5)17-8-9-18(7-2)13(3)4/h13-14H,6-12H2,1-5H3,(H,16,17). The van der Waals surface area contributed by atoms with E-state index in [2.05, 4.69) is 59.6 Å². The zero-order valence-electron chi connectivity index (χ0n) is 13.9. The van der Waals surface area contributed by atoms with E-state index < -0.39 is 0 Å². The highest BCUT2D eigenvalue weighted by molar-refractivity contribution is 8.00. The molecule has 0 amide bonds. The van der Waals surface area contributed by atoms with Gasteiger partial charge >= 0.3 is 0 Å². The van der Waals surface area contributed by atoms with E-state index in [-0.39, 0.29) is 0 Å². The number of nitrogens with zero attached hydrogens (tertiary/aromatic N) is 3. The topological polar surface area (TPSA) is 30.9 Å². The highest BCUT2D eigenvalue weighted by Gasteiger charge is 2.21. The van der Waals surface area contributed by atoms with Crippen LogP contribution in [0, 0.1) is 0 Å². The molecule has 1 saturated heterocycles.